The smallest absolute Gasteiger partial charge is 0.100 e. The highest BCUT2D eigenvalue weighted by Gasteiger charge is 2.08. The summed E-state index contributed by atoms with van der Waals surface area (Å²) in [5.74, 6) is 0. The van der Waals surface area contributed by atoms with E-state index in [1.807, 2.05) is 35.7 Å². The van der Waals surface area contributed by atoms with E-state index in [9.17, 15) is 5.26 Å². The van der Waals surface area contributed by atoms with Gasteiger partial charge in [-0.05, 0) is 27.8 Å². The molecular weight excluding hydrogens is 226 g/mol. The van der Waals surface area contributed by atoms with Crippen LogP contribution in [0.25, 0.3) is 21.9 Å². The third kappa shape index (κ3) is 1.61. The number of benzene rings is 2. The Morgan fingerprint density at radius 1 is 1.00 bits per heavy atom. The van der Waals surface area contributed by atoms with Gasteiger partial charge in [-0.25, -0.2) is 0 Å². The van der Waals surface area contributed by atoms with Crippen molar-refractivity contribution in [3.8, 4) is 17.2 Å². The molecule has 3 rings (SSSR count). The molecule has 1 aromatic heterocycles. The monoisotopic (exact) mass is 235 g/mol. The Labute approximate surface area is 104 Å². The predicted octanol–water partition coefficient (Wildman–Crippen LogP) is 4.44. The minimum atomic E-state index is 0.765. The van der Waals surface area contributed by atoms with Gasteiger partial charge in [0, 0.05) is 10.9 Å². The highest BCUT2D eigenvalue weighted by molar-refractivity contribution is 7.08. The van der Waals surface area contributed by atoms with Crippen LogP contribution >= 0.6 is 11.3 Å². The van der Waals surface area contributed by atoms with Crippen molar-refractivity contribution in [2.45, 2.75) is 0 Å². The maximum Gasteiger partial charge on any atom is 0.100 e. The number of thiophene rings is 1. The number of hydrogen-bond acceptors (Lipinski definition) is 2. The molecule has 0 bridgehead atoms. The summed E-state index contributed by atoms with van der Waals surface area (Å²) in [5.41, 5.74) is 2.91. The number of nitriles is 1. The van der Waals surface area contributed by atoms with Gasteiger partial charge in [-0.3, -0.25) is 0 Å². The molecule has 0 saturated heterocycles. The van der Waals surface area contributed by atoms with Gasteiger partial charge in [0.25, 0.3) is 0 Å². The Bertz CT molecular complexity index is 705. The van der Waals surface area contributed by atoms with Gasteiger partial charge in [0.05, 0.1) is 5.56 Å². The first-order valence-corrected chi connectivity index (χ1v) is 6.29. The van der Waals surface area contributed by atoms with Crippen LogP contribution < -0.4 is 0 Å². The molecule has 0 aliphatic heterocycles. The van der Waals surface area contributed by atoms with Crippen molar-refractivity contribution in [2.24, 2.45) is 0 Å². The van der Waals surface area contributed by atoms with Crippen molar-refractivity contribution >= 4 is 22.1 Å². The summed E-state index contributed by atoms with van der Waals surface area (Å²) in [4.78, 5) is 0. The third-order valence-electron chi connectivity index (χ3n) is 2.87. The number of hydrogen-bond donors (Lipinski definition) is 0. The Morgan fingerprint density at radius 2 is 1.88 bits per heavy atom. The van der Waals surface area contributed by atoms with Gasteiger partial charge in [-0.15, -0.1) is 0 Å². The van der Waals surface area contributed by atoms with E-state index in [4.69, 9.17) is 0 Å². The minimum Gasteiger partial charge on any atom is -0.192 e. The fourth-order valence-electron chi connectivity index (χ4n) is 2.05. The molecule has 0 aliphatic carbocycles. The Hall–Kier alpha value is -2.11. The van der Waals surface area contributed by atoms with Crippen molar-refractivity contribution in [3.63, 3.8) is 0 Å². The lowest BCUT2D eigenvalue weighted by Crippen LogP contribution is -1.85. The third-order valence-corrected chi connectivity index (χ3v) is 3.56. The summed E-state index contributed by atoms with van der Waals surface area (Å²) in [5, 5.41) is 15.6. The lowest BCUT2D eigenvalue weighted by molar-refractivity contribution is 1.50. The van der Waals surface area contributed by atoms with Gasteiger partial charge in [-0.2, -0.15) is 16.6 Å². The van der Waals surface area contributed by atoms with E-state index < -0.39 is 0 Å². The van der Waals surface area contributed by atoms with Gasteiger partial charge >= 0.3 is 0 Å². The van der Waals surface area contributed by atoms with Crippen LogP contribution in [0.1, 0.15) is 5.56 Å². The minimum absolute atomic E-state index is 0.765. The van der Waals surface area contributed by atoms with Crippen molar-refractivity contribution < 1.29 is 0 Å². The van der Waals surface area contributed by atoms with Crippen LogP contribution in [0.4, 0.5) is 0 Å². The SMILES string of the molecule is N#Cc1c(-c2ccsc2)ccc2ccccc12. The van der Waals surface area contributed by atoms with Crippen molar-refractivity contribution in [1.29, 1.82) is 5.26 Å². The largest absolute Gasteiger partial charge is 0.192 e. The molecule has 2 heteroatoms. The number of nitrogens with zero attached hydrogens (tertiary/aromatic N) is 1. The topological polar surface area (TPSA) is 23.8 Å². The van der Waals surface area contributed by atoms with E-state index in [-0.39, 0.29) is 0 Å². The van der Waals surface area contributed by atoms with Crippen LogP contribution in [-0.2, 0) is 0 Å². The number of rotatable bonds is 1. The zero-order chi connectivity index (χ0) is 11.7. The average molecular weight is 235 g/mol. The van der Waals surface area contributed by atoms with Gasteiger partial charge in [0.1, 0.15) is 6.07 Å². The van der Waals surface area contributed by atoms with Crippen LogP contribution in [0.3, 0.4) is 0 Å². The van der Waals surface area contributed by atoms with E-state index in [0.29, 0.717) is 0 Å². The Kier molecular flexibility index (Phi) is 2.40. The summed E-state index contributed by atoms with van der Waals surface area (Å²) in [7, 11) is 0. The van der Waals surface area contributed by atoms with Crippen LogP contribution in [0.5, 0.6) is 0 Å². The second-order valence-corrected chi connectivity index (χ2v) is 4.61. The van der Waals surface area contributed by atoms with Crippen LogP contribution in [0.15, 0.2) is 53.2 Å². The molecule has 0 saturated carbocycles. The maximum atomic E-state index is 9.37. The molecule has 2 aromatic carbocycles. The summed E-state index contributed by atoms with van der Waals surface area (Å²) in [6.07, 6.45) is 0. The Morgan fingerprint density at radius 3 is 2.65 bits per heavy atom. The van der Waals surface area contributed by atoms with Crippen LogP contribution in [-0.4, -0.2) is 0 Å². The fourth-order valence-corrected chi connectivity index (χ4v) is 2.71. The van der Waals surface area contributed by atoms with Gasteiger partial charge in [0.2, 0.25) is 0 Å². The molecule has 80 valence electrons. The summed E-state index contributed by atoms with van der Waals surface area (Å²) in [6.45, 7) is 0. The van der Waals surface area contributed by atoms with Crippen molar-refractivity contribution in [1.82, 2.24) is 0 Å². The molecule has 1 heterocycles. The van der Waals surface area contributed by atoms with E-state index in [2.05, 4.69) is 23.6 Å². The zero-order valence-corrected chi connectivity index (χ0v) is 9.87. The van der Waals surface area contributed by atoms with Crippen molar-refractivity contribution in [3.05, 3.63) is 58.8 Å². The molecule has 17 heavy (non-hydrogen) atoms. The lowest BCUT2D eigenvalue weighted by atomic mass is 9.96. The van der Waals surface area contributed by atoms with E-state index in [0.717, 1.165) is 27.5 Å². The Balaban J connectivity index is 2.38. The molecule has 0 aliphatic rings. The highest BCUT2D eigenvalue weighted by atomic mass is 32.1. The van der Waals surface area contributed by atoms with Crippen LogP contribution in [0.2, 0.25) is 0 Å². The van der Waals surface area contributed by atoms with Gasteiger partial charge in [-0.1, -0.05) is 36.4 Å². The van der Waals surface area contributed by atoms with Crippen molar-refractivity contribution in [2.75, 3.05) is 0 Å². The standard InChI is InChI=1S/C15H9NS/c16-9-15-13-4-2-1-3-11(13)5-6-14(15)12-7-8-17-10-12/h1-8,10H. The summed E-state index contributed by atoms with van der Waals surface area (Å²) < 4.78 is 0. The molecular formula is C15H9NS. The highest BCUT2D eigenvalue weighted by Crippen LogP contribution is 2.30. The van der Waals surface area contributed by atoms with E-state index in [1.165, 1.54) is 0 Å². The lowest BCUT2D eigenvalue weighted by Gasteiger charge is -2.05. The normalized spacial score (nSPS) is 10.3. The first kappa shape index (κ1) is 10.1. The predicted molar refractivity (Wildman–Crippen MR) is 72.0 cm³/mol. The zero-order valence-electron chi connectivity index (χ0n) is 9.05. The molecule has 0 spiro atoms. The molecule has 0 N–H and O–H groups in total. The maximum absolute atomic E-state index is 9.37. The first-order chi connectivity index (χ1) is 8.40. The molecule has 0 fully saturated rings. The van der Waals surface area contributed by atoms with Crippen LogP contribution in [0, 0.1) is 11.3 Å². The first-order valence-electron chi connectivity index (χ1n) is 5.34. The molecule has 3 aromatic rings. The molecule has 0 radical (unpaired) electrons. The second kappa shape index (κ2) is 4.04. The summed E-state index contributed by atoms with van der Waals surface area (Å²) >= 11 is 1.65. The van der Waals surface area contributed by atoms with Gasteiger partial charge in [0.15, 0.2) is 0 Å². The average Bonchev–Trinajstić information content (AvgIpc) is 2.91. The van der Waals surface area contributed by atoms with Gasteiger partial charge < -0.3 is 0 Å². The molecule has 0 atom stereocenters. The number of fused-ring (bicyclic) bond motifs is 1. The molecule has 0 amide bonds. The summed E-state index contributed by atoms with van der Waals surface area (Å²) in [6, 6.07) is 16.5. The quantitative estimate of drug-likeness (QED) is 0.611. The van der Waals surface area contributed by atoms with E-state index >= 15 is 0 Å². The fraction of sp³-hybridized carbons (Fsp3) is 0. The molecule has 1 nitrogen and oxygen atoms in total. The van der Waals surface area contributed by atoms with E-state index in [1.54, 1.807) is 11.3 Å². The molecule has 0 unspecified atom stereocenters. The second-order valence-electron chi connectivity index (χ2n) is 3.83.